The van der Waals surface area contributed by atoms with Crippen LogP contribution in [0.2, 0.25) is 0 Å². The van der Waals surface area contributed by atoms with Gasteiger partial charge in [0.15, 0.2) is 29.8 Å². The van der Waals surface area contributed by atoms with E-state index in [-0.39, 0.29) is 23.4 Å². The van der Waals surface area contributed by atoms with Crippen LogP contribution in [-0.4, -0.2) is 142 Å². The van der Waals surface area contributed by atoms with Crippen molar-refractivity contribution in [3.63, 3.8) is 0 Å². The first-order chi connectivity index (χ1) is 19.1. The number of nitrogens with two attached hydrogens (primary N) is 1. The summed E-state index contributed by atoms with van der Waals surface area (Å²) in [4.78, 5) is 72.7. The lowest BCUT2D eigenvalue weighted by Gasteiger charge is -2.21. The van der Waals surface area contributed by atoms with Crippen molar-refractivity contribution in [2.45, 2.75) is 49.0 Å². The number of imidazole rings is 1. The number of carbonyl (C=O) groups excluding carboxylic acids is 1. The number of nitrogen functional groups attached to an aromatic ring is 1. The number of carboxylic acid groups (broad SMARTS) is 1. The van der Waals surface area contributed by atoms with E-state index in [2.05, 4.69) is 19.3 Å². The number of anilines is 1. The van der Waals surface area contributed by atoms with Gasteiger partial charge >= 0.3 is 21.6 Å². The quantitative estimate of drug-likeness (QED) is 0.0881. The van der Waals surface area contributed by atoms with Gasteiger partial charge in [0.2, 0.25) is 5.95 Å². The average molecular weight is 655 g/mol. The number of H-pyrrole nitrogens is 1. The van der Waals surface area contributed by atoms with Gasteiger partial charge in [-0.25, -0.2) is 18.9 Å². The lowest BCUT2D eigenvalue weighted by molar-refractivity contribution is -0.163. The number of rotatable bonds is 9. The highest BCUT2D eigenvalue weighted by molar-refractivity contribution is 7.60. The number of aliphatic hydroxyl groups excluding tert-OH is 7. The number of aliphatic hydroxyl groups is 7. The molecule has 24 nitrogen and oxygen atoms in total. The maximum atomic E-state index is 11.7. The third-order valence-corrected chi connectivity index (χ3v) is 6.57. The van der Waals surface area contributed by atoms with Gasteiger partial charge in [-0.05, 0) is 0 Å². The second-order valence-corrected chi connectivity index (χ2v) is 10.6. The van der Waals surface area contributed by atoms with Gasteiger partial charge in [-0.3, -0.25) is 14.3 Å². The fourth-order valence-electron chi connectivity index (χ4n) is 2.99. The molecule has 2 aromatic rings. The Morgan fingerprint density at radius 3 is 2.07 bits per heavy atom. The number of carboxylic acids is 1. The number of aromatic nitrogens is 4. The number of nitrogens with zero attached hydrogens (tertiary/aromatic N) is 3. The molecule has 0 aliphatic carbocycles. The van der Waals surface area contributed by atoms with Gasteiger partial charge in [-0.2, -0.15) is 9.29 Å². The second-order valence-electron chi connectivity index (χ2n) is 7.96. The van der Waals surface area contributed by atoms with Gasteiger partial charge in [0, 0.05) is 0 Å². The predicted molar refractivity (Wildman–Crippen MR) is 128 cm³/mol. The fourth-order valence-corrected chi connectivity index (χ4v) is 4.10. The topological polar surface area (TPSA) is 419 Å². The van der Waals surface area contributed by atoms with Crippen LogP contribution in [0.4, 0.5) is 5.95 Å². The van der Waals surface area contributed by atoms with Crippen LogP contribution in [0.1, 0.15) is 6.23 Å². The first-order valence-corrected chi connectivity index (χ1v) is 13.8. The van der Waals surface area contributed by atoms with Crippen LogP contribution >= 0.6 is 15.6 Å². The highest BCUT2D eigenvalue weighted by Crippen LogP contribution is 2.53. The average Bonchev–Trinajstić information content (AvgIpc) is 3.41. The molecule has 8 atom stereocenters. The number of carbonyl (C=O) groups is 2. The van der Waals surface area contributed by atoms with E-state index in [1.54, 1.807) is 0 Å². The van der Waals surface area contributed by atoms with Crippen LogP contribution in [0.25, 0.3) is 11.2 Å². The largest absolute Gasteiger partial charge is 0.479 e. The predicted octanol–water partition coefficient (Wildman–Crippen LogP) is -6.78. The molecule has 1 aliphatic rings. The van der Waals surface area contributed by atoms with E-state index in [9.17, 15) is 33.7 Å². The van der Waals surface area contributed by atoms with Crippen LogP contribution in [0.5, 0.6) is 0 Å². The standard InChI is InChI=1S/C10H13N5O5.C6H10O7.H4O7P2/c11-10-13-7-4(8(19)14-10)12-2-15(7)9-6(18)5(17)3(1-16)20-9;7-1-2(8)3(9)4(10)5(11)6(12)13;1-8(2,3)7-9(4,5)6/h2-3,5-6,9,16-18H,1H2,(H3,11,13,14,19);1-5,8-11H,(H,12,13);(H2,1,2,3)(H2,4,5,6)/t3-,5-,6-,9-;2-,3+,4-,5-;/m10./s1. The van der Waals surface area contributed by atoms with Gasteiger partial charge in [0.05, 0.1) is 12.9 Å². The molecule has 1 aliphatic heterocycles. The summed E-state index contributed by atoms with van der Waals surface area (Å²) in [5.41, 5.74) is 5.12. The van der Waals surface area contributed by atoms with Gasteiger partial charge in [-0.15, -0.1) is 0 Å². The first-order valence-electron chi connectivity index (χ1n) is 10.7. The smallest absolute Gasteiger partial charge is 0.478 e. The van der Waals surface area contributed by atoms with Crippen molar-refractivity contribution >= 4 is 45.0 Å². The molecular formula is C16H27N5O19P2. The maximum absolute atomic E-state index is 11.7. The lowest BCUT2D eigenvalue weighted by Crippen LogP contribution is -2.48. The Morgan fingerprint density at radius 1 is 1.12 bits per heavy atom. The molecule has 15 N–H and O–H groups in total. The summed E-state index contributed by atoms with van der Waals surface area (Å²) in [6.45, 7) is -0.447. The Kier molecular flexibility index (Phi) is 13.4. The Balaban J connectivity index is 0.000000348. The summed E-state index contributed by atoms with van der Waals surface area (Å²) in [5, 5.41) is 71.9. The van der Waals surface area contributed by atoms with Gasteiger partial charge in [0.25, 0.3) is 5.56 Å². The Hall–Kier alpha value is -2.77. The first kappa shape index (κ1) is 37.3. The Morgan fingerprint density at radius 2 is 1.67 bits per heavy atom. The number of nitrogens with one attached hydrogen (secondary N) is 1. The highest BCUT2D eigenvalue weighted by atomic mass is 31.3. The van der Waals surface area contributed by atoms with Gasteiger partial charge in [0.1, 0.15) is 36.6 Å². The zero-order chi connectivity index (χ0) is 32.7. The molecule has 240 valence electrons. The molecule has 1 saturated heterocycles. The summed E-state index contributed by atoms with van der Waals surface area (Å²) in [6.07, 6.45) is -11.6. The minimum absolute atomic E-state index is 0.0388. The molecule has 1 fully saturated rings. The number of fused-ring (bicyclic) bond motifs is 1. The molecule has 0 saturated carbocycles. The van der Waals surface area contributed by atoms with E-state index in [0.29, 0.717) is 0 Å². The zero-order valence-corrected chi connectivity index (χ0v) is 22.3. The number of aliphatic carboxylic acids is 1. The van der Waals surface area contributed by atoms with E-state index >= 15 is 0 Å². The number of ether oxygens (including phenoxy) is 1. The molecule has 2 aromatic heterocycles. The van der Waals surface area contributed by atoms with E-state index in [1.165, 1.54) is 10.9 Å². The van der Waals surface area contributed by atoms with Crippen molar-refractivity contribution in [3.8, 4) is 0 Å². The summed E-state index contributed by atoms with van der Waals surface area (Å²) >= 11 is 0. The number of hydrogen-bond donors (Lipinski definition) is 14. The summed E-state index contributed by atoms with van der Waals surface area (Å²) in [6, 6.07) is 0. The molecule has 0 radical (unpaired) electrons. The van der Waals surface area contributed by atoms with Crippen LogP contribution in [0.15, 0.2) is 11.1 Å². The number of phosphoric acid groups is 2. The Labute approximate surface area is 231 Å². The maximum Gasteiger partial charge on any atom is 0.478 e. The van der Waals surface area contributed by atoms with Crippen molar-refractivity contribution in [2.24, 2.45) is 0 Å². The SMILES string of the molecule is Nc1nc2c(ncn2[C@@H]2O[C@H](CO)[C@@H](O)[C@H]2O)c(=O)[nH]1.O=C[C@H](O)[C@@H](O)[C@H](O)[C@H](O)C(=O)O.O=P(O)(O)OP(=O)(O)O. The summed E-state index contributed by atoms with van der Waals surface area (Å²) in [5.74, 6) is -1.86. The normalized spacial score (nSPS) is 23.5. The second kappa shape index (κ2) is 15.1. The molecule has 26 heteroatoms. The molecule has 0 bridgehead atoms. The molecule has 0 amide bonds. The fraction of sp³-hybridized carbons (Fsp3) is 0.562. The lowest BCUT2D eigenvalue weighted by atomic mass is 10.0. The Bertz CT molecular complexity index is 1340. The highest BCUT2D eigenvalue weighted by Gasteiger charge is 2.44. The molecule has 3 heterocycles. The molecule has 0 aromatic carbocycles. The van der Waals surface area contributed by atoms with E-state index in [1.807, 2.05) is 0 Å². The van der Waals surface area contributed by atoms with Crippen molar-refractivity contribution in [3.05, 3.63) is 16.7 Å². The monoisotopic (exact) mass is 655 g/mol. The van der Waals surface area contributed by atoms with Crippen molar-refractivity contribution < 1.29 is 88.2 Å². The number of aromatic amines is 1. The molecule has 0 spiro atoms. The molecule has 42 heavy (non-hydrogen) atoms. The summed E-state index contributed by atoms with van der Waals surface area (Å²) < 4.78 is 28.9. The molecule has 3 rings (SSSR count). The molecular weight excluding hydrogens is 628 g/mol. The van der Waals surface area contributed by atoms with E-state index < -0.39 is 82.7 Å². The van der Waals surface area contributed by atoms with Gasteiger partial charge < -0.3 is 75.7 Å². The molecule has 0 unspecified atom stereocenters. The van der Waals surface area contributed by atoms with Crippen LogP contribution < -0.4 is 11.3 Å². The van der Waals surface area contributed by atoms with Crippen LogP contribution in [0.3, 0.4) is 0 Å². The number of hydrogen-bond acceptors (Lipinski definition) is 17. The van der Waals surface area contributed by atoms with E-state index in [4.69, 9.17) is 60.7 Å². The van der Waals surface area contributed by atoms with Crippen molar-refractivity contribution in [1.82, 2.24) is 19.5 Å². The number of aldehydes is 1. The van der Waals surface area contributed by atoms with Crippen LogP contribution in [-0.2, 0) is 27.8 Å². The third kappa shape index (κ3) is 10.5. The van der Waals surface area contributed by atoms with Crippen LogP contribution in [0, 0.1) is 0 Å². The van der Waals surface area contributed by atoms with Crippen molar-refractivity contribution in [1.29, 1.82) is 0 Å². The summed E-state index contributed by atoms with van der Waals surface area (Å²) in [7, 11) is -10.1. The minimum Gasteiger partial charge on any atom is -0.479 e. The van der Waals surface area contributed by atoms with E-state index in [0.717, 1.165) is 0 Å². The van der Waals surface area contributed by atoms with Crippen molar-refractivity contribution in [2.75, 3.05) is 12.3 Å². The third-order valence-electron chi connectivity index (χ3n) is 4.87. The van der Waals surface area contributed by atoms with Gasteiger partial charge in [-0.1, -0.05) is 0 Å². The minimum atomic E-state index is -5.05. The zero-order valence-electron chi connectivity index (χ0n) is 20.5.